The van der Waals surface area contributed by atoms with Crippen molar-refractivity contribution in [1.29, 1.82) is 0 Å². The lowest BCUT2D eigenvalue weighted by Gasteiger charge is -2.44. The van der Waals surface area contributed by atoms with E-state index in [4.69, 9.17) is 11.6 Å². The van der Waals surface area contributed by atoms with Crippen molar-refractivity contribution >= 4 is 40.9 Å². The van der Waals surface area contributed by atoms with Crippen LogP contribution in [-0.2, 0) is 9.59 Å². The lowest BCUT2D eigenvalue weighted by molar-refractivity contribution is -0.138. The van der Waals surface area contributed by atoms with Crippen molar-refractivity contribution in [2.75, 3.05) is 11.9 Å². The molecule has 4 rings (SSSR count). The van der Waals surface area contributed by atoms with Gasteiger partial charge in [0.15, 0.2) is 0 Å². The molecule has 0 bridgehead atoms. The number of anilines is 1. The largest absolute Gasteiger partial charge is 0.339 e. The number of benzene rings is 1. The van der Waals surface area contributed by atoms with Gasteiger partial charge < -0.3 is 10.2 Å². The Morgan fingerprint density at radius 3 is 2.92 bits per heavy atom. The van der Waals surface area contributed by atoms with Crippen molar-refractivity contribution in [1.82, 2.24) is 4.90 Å². The van der Waals surface area contributed by atoms with Crippen molar-refractivity contribution in [3.63, 3.8) is 0 Å². The number of thioether (sulfide) groups is 1. The fraction of sp³-hybridized carbons (Fsp3) is 0.579. The van der Waals surface area contributed by atoms with Crippen LogP contribution in [0.3, 0.4) is 0 Å². The molecular formula is C19H23ClN2O2S. The number of carbonyl (C=O) groups is 2. The quantitative estimate of drug-likeness (QED) is 0.833. The molecule has 0 spiro atoms. The predicted molar refractivity (Wildman–Crippen MR) is 101 cm³/mol. The summed E-state index contributed by atoms with van der Waals surface area (Å²) in [4.78, 5) is 28.4. The zero-order chi connectivity index (χ0) is 17.4. The number of amides is 2. The van der Waals surface area contributed by atoms with Gasteiger partial charge in [-0.3, -0.25) is 9.59 Å². The topological polar surface area (TPSA) is 49.4 Å². The van der Waals surface area contributed by atoms with E-state index < -0.39 is 0 Å². The lowest BCUT2D eigenvalue weighted by Crippen LogP contribution is -2.50. The highest BCUT2D eigenvalue weighted by Gasteiger charge is 2.38. The molecular weight excluding hydrogens is 356 g/mol. The van der Waals surface area contributed by atoms with Gasteiger partial charge in [0.1, 0.15) is 0 Å². The number of likely N-dealkylation sites (tertiary alicyclic amines) is 1. The van der Waals surface area contributed by atoms with E-state index in [1.165, 1.54) is 37.4 Å². The Hall–Kier alpha value is -1.20. The second kappa shape index (κ2) is 7.20. The third kappa shape index (κ3) is 3.54. The van der Waals surface area contributed by atoms with E-state index in [2.05, 4.69) is 10.2 Å². The second-order valence-corrected chi connectivity index (χ2v) is 8.96. The van der Waals surface area contributed by atoms with Crippen LogP contribution >= 0.6 is 23.4 Å². The minimum atomic E-state index is -0.356. The molecule has 6 heteroatoms. The van der Waals surface area contributed by atoms with Crippen molar-refractivity contribution < 1.29 is 9.59 Å². The molecule has 1 aliphatic carbocycles. The van der Waals surface area contributed by atoms with E-state index >= 15 is 0 Å². The average molecular weight is 379 g/mol. The van der Waals surface area contributed by atoms with Crippen LogP contribution in [-0.4, -0.2) is 34.6 Å². The van der Waals surface area contributed by atoms with Gasteiger partial charge in [-0.05, 0) is 49.8 Å². The third-order valence-corrected chi connectivity index (χ3v) is 7.20. The zero-order valence-electron chi connectivity index (χ0n) is 14.2. The van der Waals surface area contributed by atoms with Gasteiger partial charge in [-0.2, -0.15) is 0 Å². The molecule has 1 aromatic rings. The molecule has 1 saturated heterocycles. The summed E-state index contributed by atoms with van der Waals surface area (Å²) in [7, 11) is 0. The molecule has 3 aliphatic rings. The van der Waals surface area contributed by atoms with E-state index in [9.17, 15) is 9.59 Å². The van der Waals surface area contributed by atoms with E-state index in [0.29, 0.717) is 17.0 Å². The van der Waals surface area contributed by atoms with Crippen molar-refractivity contribution in [2.45, 2.75) is 61.1 Å². The summed E-state index contributed by atoms with van der Waals surface area (Å²) >= 11 is 7.47. The number of piperidine rings is 1. The Morgan fingerprint density at radius 2 is 2.04 bits per heavy atom. The maximum absolute atomic E-state index is 12.9. The molecule has 2 heterocycles. The first-order valence-electron chi connectivity index (χ1n) is 9.18. The Morgan fingerprint density at radius 1 is 1.24 bits per heavy atom. The Labute approximate surface area is 157 Å². The summed E-state index contributed by atoms with van der Waals surface area (Å²) in [6.45, 7) is 0.852. The molecule has 3 atom stereocenters. The monoisotopic (exact) mass is 378 g/mol. The predicted octanol–water partition coefficient (Wildman–Crippen LogP) is 4.32. The second-order valence-electron chi connectivity index (χ2n) is 7.28. The molecule has 4 nitrogen and oxygen atoms in total. The van der Waals surface area contributed by atoms with Gasteiger partial charge in [-0.15, -0.1) is 11.8 Å². The van der Waals surface area contributed by atoms with Gasteiger partial charge in [-0.25, -0.2) is 0 Å². The Balaban J connectivity index is 1.45. The third-order valence-electron chi connectivity index (χ3n) is 5.68. The van der Waals surface area contributed by atoms with Crippen LogP contribution in [0.25, 0.3) is 0 Å². The van der Waals surface area contributed by atoms with Crippen molar-refractivity contribution in [3.8, 4) is 0 Å². The van der Waals surface area contributed by atoms with E-state index in [0.717, 1.165) is 30.0 Å². The number of rotatable bonds is 2. The molecule has 0 aromatic heterocycles. The van der Waals surface area contributed by atoms with Crippen LogP contribution in [0.15, 0.2) is 23.1 Å². The fourth-order valence-electron chi connectivity index (χ4n) is 4.47. The minimum absolute atomic E-state index is 0.0923. The molecule has 1 saturated carbocycles. The summed E-state index contributed by atoms with van der Waals surface area (Å²) in [6.07, 6.45) is 7.52. The summed E-state index contributed by atoms with van der Waals surface area (Å²) in [6, 6.07) is 5.90. The molecule has 1 N–H and O–H groups in total. The first-order chi connectivity index (χ1) is 12.1. The lowest BCUT2D eigenvalue weighted by atomic mass is 9.78. The molecule has 2 fully saturated rings. The van der Waals surface area contributed by atoms with Gasteiger partial charge in [0.05, 0.1) is 10.9 Å². The van der Waals surface area contributed by atoms with Crippen LogP contribution in [0.4, 0.5) is 5.69 Å². The molecule has 2 amide bonds. The van der Waals surface area contributed by atoms with E-state index in [1.807, 2.05) is 12.1 Å². The van der Waals surface area contributed by atoms with Crippen molar-refractivity contribution in [2.24, 2.45) is 5.92 Å². The summed E-state index contributed by atoms with van der Waals surface area (Å²) in [5, 5.41) is 3.15. The van der Waals surface area contributed by atoms with E-state index in [-0.39, 0.29) is 23.5 Å². The first-order valence-corrected chi connectivity index (χ1v) is 10.4. The van der Waals surface area contributed by atoms with Gasteiger partial charge in [0.2, 0.25) is 11.8 Å². The summed E-state index contributed by atoms with van der Waals surface area (Å²) < 4.78 is 0. The number of nitrogens with one attached hydrogen (secondary N) is 1. The zero-order valence-corrected chi connectivity index (χ0v) is 15.7. The fourth-order valence-corrected chi connectivity index (χ4v) is 5.72. The van der Waals surface area contributed by atoms with Crippen LogP contribution < -0.4 is 5.32 Å². The number of fused-ring (bicyclic) bond motifs is 2. The Kier molecular flexibility index (Phi) is 4.96. The minimum Gasteiger partial charge on any atom is -0.339 e. The van der Waals surface area contributed by atoms with Crippen LogP contribution in [0, 0.1) is 5.92 Å². The number of hydrogen-bond donors (Lipinski definition) is 1. The number of hydrogen-bond acceptors (Lipinski definition) is 3. The molecule has 2 aliphatic heterocycles. The van der Waals surface area contributed by atoms with E-state index in [1.54, 1.807) is 6.07 Å². The van der Waals surface area contributed by atoms with Gasteiger partial charge in [0, 0.05) is 28.9 Å². The summed E-state index contributed by atoms with van der Waals surface area (Å²) in [5.41, 5.74) is 0.747. The van der Waals surface area contributed by atoms with Crippen LogP contribution in [0.1, 0.15) is 44.9 Å². The SMILES string of the molecule is O=C1Nc2cc(Cl)ccc2SC1CC(=O)N1CCCC2CCCCC21. The molecule has 3 unspecified atom stereocenters. The number of carbonyl (C=O) groups excluding carboxylic acids is 2. The molecule has 0 radical (unpaired) electrons. The van der Waals surface area contributed by atoms with Crippen molar-refractivity contribution in [3.05, 3.63) is 23.2 Å². The van der Waals surface area contributed by atoms with Crippen LogP contribution in [0.5, 0.6) is 0 Å². The highest BCUT2D eigenvalue weighted by molar-refractivity contribution is 8.01. The highest BCUT2D eigenvalue weighted by Crippen LogP contribution is 2.40. The normalized spacial score (nSPS) is 28.8. The number of halogens is 1. The smallest absolute Gasteiger partial charge is 0.238 e. The first kappa shape index (κ1) is 17.2. The molecule has 1 aromatic carbocycles. The highest BCUT2D eigenvalue weighted by atomic mass is 35.5. The standard InChI is InChI=1S/C19H23ClN2O2S/c20-13-7-8-16-14(10-13)21-19(24)17(25-16)11-18(23)22-9-3-5-12-4-1-2-6-15(12)22/h7-8,10,12,15,17H,1-6,9,11H2,(H,21,24). The van der Waals surface area contributed by atoms with Crippen LogP contribution in [0.2, 0.25) is 5.02 Å². The van der Waals surface area contributed by atoms with Gasteiger partial charge in [-0.1, -0.05) is 24.4 Å². The average Bonchev–Trinajstić information content (AvgIpc) is 2.62. The molecule has 25 heavy (non-hydrogen) atoms. The maximum Gasteiger partial charge on any atom is 0.238 e. The summed E-state index contributed by atoms with van der Waals surface area (Å²) in [5.74, 6) is 0.717. The Bertz CT molecular complexity index is 694. The molecule has 134 valence electrons. The van der Waals surface area contributed by atoms with Gasteiger partial charge in [0.25, 0.3) is 0 Å². The maximum atomic E-state index is 12.9. The number of nitrogens with zero attached hydrogens (tertiary/aromatic N) is 1. The van der Waals surface area contributed by atoms with Gasteiger partial charge >= 0.3 is 0 Å².